The lowest BCUT2D eigenvalue weighted by Crippen LogP contribution is -2.34. The Labute approximate surface area is 128 Å². The number of carbonyl (C=O) groups is 1. The van der Waals surface area contributed by atoms with Crippen LogP contribution in [0.3, 0.4) is 0 Å². The van der Waals surface area contributed by atoms with Crippen molar-refractivity contribution in [2.45, 2.75) is 26.7 Å². The lowest BCUT2D eigenvalue weighted by Gasteiger charge is -2.24. The number of carbonyl (C=O) groups excluding carboxylic acids is 1. The molecule has 0 saturated heterocycles. The molecule has 0 atom stereocenters. The smallest absolute Gasteiger partial charge is 0.251 e. The fraction of sp³-hybridized carbons (Fsp3) is 0.500. The van der Waals surface area contributed by atoms with Gasteiger partial charge in [0.15, 0.2) is 0 Å². The highest BCUT2D eigenvalue weighted by Gasteiger charge is 2.18. The normalized spacial score (nSPS) is 11.3. The Balaban J connectivity index is 2.50. The van der Waals surface area contributed by atoms with E-state index in [1.54, 1.807) is 0 Å². The molecule has 1 rings (SSSR count). The van der Waals surface area contributed by atoms with Crippen LogP contribution in [0, 0.1) is 8.99 Å². The second kappa shape index (κ2) is 7.34. The Morgan fingerprint density at radius 2 is 2.17 bits per heavy atom. The lowest BCUT2D eigenvalue weighted by molar-refractivity contribution is 0.0934. The van der Waals surface area contributed by atoms with Gasteiger partial charge in [-0.05, 0) is 59.0 Å². The summed E-state index contributed by atoms with van der Waals surface area (Å²) in [6.07, 6.45) is 2.00. The van der Waals surface area contributed by atoms with Crippen molar-refractivity contribution < 1.29 is 4.79 Å². The number of alkyl halides is 1. The fourth-order valence-electron chi connectivity index (χ4n) is 1.69. The Morgan fingerprint density at radius 1 is 1.44 bits per heavy atom. The third-order valence-electron chi connectivity index (χ3n) is 2.80. The molecule has 1 aromatic carbocycles. The Morgan fingerprint density at radius 3 is 2.78 bits per heavy atom. The van der Waals surface area contributed by atoms with Gasteiger partial charge in [0.1, 0.15) is 0 Å². The van der Waals surface area contributed by atoms with E-state index < -0.39 is 0 Å². The van der Waals surface area contributed by atoms with Crippen LogP contribution in [0.5, 0.6) is 0 Å². The summed E-state index contributed by atoms with van der Waals surface area (Å²) in [6, 6.07) is 7.60. The van der Waals surface area contributed by atoms with Crippen LogP contribution in [0.2, 0.25) is 0 Å². The van der Waals surface area contributed by atoms with Crippen molar-refractivity contribution >= 4 is 40.1 Å². The molecule has 1 amide bonds. The second-order valence-electron chi connectivity index (χ2n) is 5.15. The molecular weight excluding hydrogens is 361 g/mol. The highest BCUT2D eigenvalue weighted by molar-refractivity contribution is 14.1. The van der Waals surface area contributed by atoms with Crippen LogP contribution >= 0.6 is 34.2 Å². The van der Waals surface area contributed by atoms with Crippen LogP contribution in [0.4, 0.5) is 0 Å². The first-order valence-electron chi connectivity index (χ1n) is 6.04. The first-order valence-corrected chi connectivity index (χ1v) is 7.66. The van der Waals surface area contributed by atoms with E-state index in [2.05, 4.69) is 41.8 Å². The first kappa shape index (κ1) is 15.8. The van der Waals surface area contributed by atoms with Crippen molar-refractivity contribution in [2.24, 2.45) is 5.41 Å². The second-order valence-corrected chi connectivity index (χ2v) is 6.77. The molecule has 0 saturated carbocycles. The molecule has 4 heteroatoms. The molecule has 0 bridgehead atoms. The van der Waals surface area contributed by atoms with E-state index in [0.717, 1.165) is 22.0 Å². The van der Waals surface area contributed by atoms with Crippen LogP contribution in [0.15, 0.2) is 24.3 Å². The largest absolute Gasteiger partial charge is 0.352 e. The van der Waals surface area contributed by atoms with Gasteiger partial charge < -0.3 is 5.32 Å². The number of halogens is 2. The number of rotatable bonds is 6. The minimum atomic E-state index is -0.00698. The molecule has 1 N–H and O–H groups in total. The number of benzene rings is 1. The average molecular weight is 380 g/mol. The van der Waals surface area contributed by atoms with E-state index in [1.165, 1.54) is 0 Å². The average Bonchev–Trinajstić information content (AvgIpc) is 2.34. The third kappa shape index (κ3) is 5.57. The van der Waals surface area contributed by atoms with Gasteiger partial charge >= 0.3 is 0 Å². The van der Waals surface area contributed by atoms with E-state index in [0.29, 0.717) is 12.4 Å². The van der Waals surface area contributed by atoms with E-state index >= 15 is 0 Å². The molecule has 0 aliphatic carbocycles. The number of hydrogen-bond donors (Lipinski definition) is 1. The standard InChI is InChI=1S/C14H19ClINO/c1-14(2,7-4-8-15)10-17-13(18)11-5-3-6-12(16)9-11/h3,5-6,9H,4,7-8,10H2,1-2H3,(H,17,18). The van der Waals surface area contributed by atoms with Gasteiger partial charge in [-0.15, -0.1) is 11.6 Å². The van der Waals surface area contributed by atoms with Crippen molar-refractivity contribution in [3.05, 3.63) is 33.4 Å². The van der Waals surface area contributed by atoms with Crippen molar-refractivity contribution in [3.63, 3.8) is 0 Å². The molecule has 0 aromatic heterocycles. The zero-order valence-corrected chi connectivity index (χ0v) is 13.7. The Kier molecular flexibility index (Phi) is 6.43. The summed E-state index contributed by atoms with van der Waals surface area (Å²) >= 11 is 7.90. The van der Waals surface area contributed by atoms with Crippen molar-refractivity contribution in [1.29, 1.82) is 0 Å². The van der Waals surface area contributed by atoms with E-state index in [4.69, 9.17) is 11.6 Å². The minimum absolute atomic E-state index is 0.00698. The highest BCUT2D eigenvalue weighted by Crippen LogP contribution is 2.21. The third-order valence-corrected chi connectivity index (χ3v) is 3.74. The number of hydrogen-bond acceptors (Lipinski definition) is 1. The molecule has 0 aliphatic rings. The lowest BCUT2D eigenvalue weighted by atomic mass is 9.88. The quantitative estimate of drug-likeness (QED) is 0.586. The first-order chi connectivity index (χ1) is 8.44. The maximum atomic E-state index is 12.0. The van der Waals surface area contributed by atoms with Crippen LogP contribution in [0.1, 0.15) is 37.0 Å². The Bertz CT molecular complexity index is 407. The molecule has 18 heavy (non-hydrogen) atoms. The van der Waals surface area contributed by atoms with E-state index in [-0.39, 0.29) is 11.3 Å². The summed E-state index contributed by atoms with van der Waals surface area (Å²) in [7, 11) is 0. The van der Waals surface area contributed by atoms with Gasteiger partial charge in [-0.1, -0.05) is 19.9 Å². The summed E-state index contributed by atoms with van der Waals surface area (Å²) in [5.41, 5.74) is 0.807. The molecule has 0 fully saturated rings. The molecule has 0 radical (unpaired) electrons. The van der Waals surface area contributed by atoms with Crippen molar-refractivity contribution in [3.8, 4) is 0 Å². The van der Waals surface area contributed by atoms with Crippen LogP contribution in [0.25, 0.3) is 0 Å². The van der Waals surface area contributed by atoms with Gasteiger partial charge in [0.25, 0.3) is 5.91 Å². The summed E-state index contributed by atoms with van der Waals surface area (Å²) in [5, 5.41) is 2.99. The summed E-state index contributed by atoms with van der Waals surface area (Å²) in [4.78, 5) is 12.0. The van der Waals surface area contributed by atoms with Crippen LogP contribution in [-0.2, 0) is 0 Å². The van der Waals surface area contributed by atoms with Gasteiger partial charge in [0.05, 0.1) is 0 Å². The predicted molar refractivity (Wildman–Crippen MR) is 85.2 cm³/mol. The van der Waals surface area contributed by atoms with Crippen molar-refractivity contribution in [1.82, 2.24) is 5.32 Å². The number of amides is 1. The van der Waals surface area contributed by atoms with Crippen LogP contribution < -0.4 is 5.32 Å². The summed E-state index contributed by atoms with van der Waals surface area (Å²) in [6.45, 7) is 4.97. The van der Waals surface area contributed by atoms with Gasteiger partial charge in [-0.2, -0.15) is 0 Å². The zero-order chi connectivity index (χ0) is 13.6. The van der Waals surface area contributed by atoms with E-state index in [9.17, 15) is 4.79 Å². The monoisotopic (exact) mass is 379 g/mol. The molecule has 1 aromatic rings. The SMILES string of the molecule is CC(C)(CCCCl)CNC(=O)c1cccc(I)c1. The molecule has 0 aliphatic heterocycles. The van der Waals surface area contributed by atoms with Crippen LogP contribution in [-0.4, -0.2) is 18.3 Å². The minimum Gasteiger partial charge on any atom is -0.352 e. The van der Waals surface area contributed by atoms with Gasteiger partial charge in [-0.25, -0.2) is 0 Å². The van der Waals surface area contributed by atoms with Gasteiger partial charge in [-0.3, -0.25) is 4.79 Å². The molecular formula is C14H19ClINO. The molecule has 0 heterocycles. The molecule has 2 nitrogen and oxygen atoms in total. The number of nitrogens with one attached hydrogen (secondary N) is 1. The fourth-order valence-corrected chi connectivity index (χ4v) is 2.36. The predicted octanol–water partition coefficient (Wildman–Crippen LogP) is 4.07. The molecule has 0 unspecified atom stereocenters. The van der Waals surface area contributed by atoms with Crippen molar-refractivity contribution in [2.75, 3.05) is 12.4 Å². The van der Waals surface area contributed by atoms with E-state index in [1.807, 2.05) is 24.3 Å². The molecule has 0 spiro atoms. The maximum Gasteiger partial charge on any atom is 0.251 e. The summed E-state index contributed by atoms with van der Waals surface area (Å²) < 4.78 is 1.07. The topological polar surface area (TPSA) is 29.1 Å². The van der Waals surface area contributed by atoms with Gasteiger partial charge in [0.2, 0.25) is 0 Å². The highest BCUT2D eigenvalue weighted by atomic mass is 127. The summed E-state index contributed by atoms with van der Waals surface area (Å²) in [5.74, 6) is 0.668. The van der Waals surface area contributed by atoms with Gasteiger partial charge in [0, 0.05) is 21.6 Å². The Hall–Kier alpha value is -0.290. The maximum absolute atomic E-state index is 12.0. The zero-order valence-electron chi connectivity index (χ0n) is 10.8. The molecule has 100 valence electrons.